The Morgan fingerprint density at radius 3 is 2.15 bits per heavy atom. The number of sulfonamides is 1. The van der Waals surface area contributed by atoms with E-state index in [9.17, 15) is 22.8 Å². The summed E-state index contributed by atoms with van der Waals surface area (Å²) in [5.41, 5.74) is 1.14. The maximum Gasteiger partial charge on any atom is 0.261 e. The zero-order valence-electron chi connectivity index (χ0n) is 14.9. The minimum absolute atomic E-state index is 0.0775. The number of imide groups is 1. The van der Waals surface area contributed by atoms with Crippen LogP contribution in [0.3, 0.4) is 0 Å². The topological polar surface area (TPSA) is 104 Å². The molecule has 0 atom stereocenters. The lowest BCUT2D eigenvalue weighted by Crippen LogP contribution is -2.24. The second kappa shape index (κ2) is 6.60. The summed E-state index contributed by atoms with van der Waals surface area (Å²) in [7, 11) is 0.669. The highest BCUT2D eigenvalue weighted by molar-refractivity contribution is 7.89. The minimum Gasteiger partial charge on any atom is -0.322 e. The summed E-state index contributed by atoms with van der Waals surface area (Å²) < 4.78 is 25.2. The van der Waals surface area contributed by atoms with Crippen LogP contribution in [0.25, 0.3) is 0 Å². The third-order valence-corrected chi connectivity index (χ3v) is 6.07. The highest BCUT2D eigenvalue weighted by atomic mass is 32.2. The summed E-state index contributed by atoms with van der Waals surface area (Å²) in [4.78, 5) is 37.4. The molecule has 2 aromatic rings. The minimum atomic E-state index is -3.57. The van der Waals surface area contributed by atoms with Crippen molar-refractivity contribution >= 4 is 33.4 Å². The fraction of sp³-hybridized carbons (Fsp3) is 0.167. The Labute approximate surface area is 156 Å². The largest absolute Gasteiger partial charge is 0.322 e. The van der Waals surface area contributed by atoms with Crippen LogP contribution in [0.4, 0.5) is 5.69 Å². The second-order valence-electron chi connectivity index (χ2n) is 6.20. The molecule has 0 saturated carbocycles. The molecule has 27 heavy (non-hydrogen) atoms. The van der Waals surface area contributed by atoms with Gasteiger partial charge in [0.25, 0.3) is 17.7 Å². The van der Waals surface area contributed by atoms with Crippen molar-refractivity contribution in [3.8, 4) is 0 Å². The molecule has 140 valence electrons. The van der Waals surface area contributed by atoms with Gasteiger partial charge in [0.2, 0.25) is 10.0 Å². The number of benzene rings is 2. The van der Waals surface area contributed by atoms with Crippen molar-refractivity contribution in [1.82, 2.24) is 9.21 Å². The quantitative estimate of drug-likeness (QED) is 0.799. The van der Waals surface area contributed by atoms with Gasteiger partial charge in [0, 0.05) is 32.4 Å². The number of amides is 3. The molecule has 0 saturated heterocycles. The fourth-order valence-electron chi connectivity index (χ4n) is 2.63. The van der Waals surface area contributed by atoms with Gasteiger partial charge in [-0.05, 0) is 42.5 Å². The first-order chi connectivity index (χ1) is 12.6. The summed E-state index contributed by atoms with van der Waals surface area (Å²) in [6.07, 6.45) is 0. The Hall–Kier alpha value is -3.04. The van der Waals surface area contributed by atoms with E-state index in [1.165, 1.54) is 63.6 Å². The summed E-state index contributed by atoms with van der Waals surface area (Å²) in [5, 5.41) is 2.64. The van der Waals surface area contributed by atoms with E-state index in [1.54, 1.807) is 0 Å². The lowest BCUT2D eigenvalue weighted by atomic mass is 10.1. The number of fused-ring (bicyclic) bond motifs is 1. The number of rotatable bonds is 4. The van der Waals surface area contributed by atoms with E-state index in [4.69, 9.17) is 0 Å². The molecular formula is C18H17N3O5S. The molecule has 1 aliphatic heterocycles. The maximum absolute atomic E-state index is 12.4. The van der Waals surface area contributed by atoms with Crippen LogP contribution in [0.1, 0.15) is 31.1 Å². The standard InChI is InChI=1S/C18H17N3O5S/c1-20(2)27(25,26)13-7-4-11(5-8-13)16(22)19-12-6-9-14-15(10-12)18(24)21(3)17(14)23/h4-10H,1-3H3,(H,19,22). The van der Waals surface area contributed by atoms with Crippen LogP contribution in [0.15, 0.2) is 47.4 Å². The number of hydrogen-bond acceptors (Lipinski definition) is 5. The summed E-state index contributed by atoms with van der Waals surface area (Å²) in [6.45, 7) is 0. The van der Waals surface area contributed by atoms with Crippen molar-refractivity contribution in [1.29, 1.82) is 0 Å². The van der Waals surface area contributed by atoms with Crippen LogP contribution < -0.4 is 5.32 Å². The molecule has 3 amide bonds. The third-order valence-electron chi connectivity index (χ3n) is 4.24. The summed E-state index contributed by atoms with van der Waals surface area (Å²) in [5.74, 6) is -1.27. The van der Waals surface area contributed by atoms with E-state index in [2.05, 4.69) is 5.32 Å². The van der Waals surface area contributed by atoms with Crippen LogP contribution in [-0.2, 0) is 10.0 Å². The van der Waals surface area contributed by atoms with Crippen molar-refractivity contribution in [2.24, 2.45) is 0 Å². The Kier molecular flexibility index (Phi) is 4.58. The van der Waals surface area contributed by atoms with Crippen molar-refractivity contribution in [3.63, 3.8) is 0 Å². The van der Waals surface area contributed by atoms with Crippen LogP contribution >= 0.6 is 0 Å². The van der Waals surface area contributed by atoms with Gasteiger partial charge in [-0.2, -0.15) is 0 Å². The van der Waals surface area contributed by atoms with E-state index in [1.807, 2.05) is 0 Å². The number of carbonyl (C=O) groups excluding carboxylic acids is 3. The Morgan fingerprint density at radius 2 is 1.56 bits per heavy atom. The lowest BCUT2D eigenvalue weighted by Gasteiger charge is -2.11. The third kappa shape index (κ3) is 3.22. The number of hydrogen-bond donors (Lipinski definition) is 1. The molecule has 0 fully saturated rings. The van der Waals surface area contributed by atoms with Crippen molar-refractivity contribution < 1.29 is 22.8 Å². The van der Waals surface area contributed by atoms with Gasteiger partial charge in [-0.3, -0.25) is 19.3 Å². The number of carbonyl (C=O) groups is 3. The van der Waals surface area contributed by atoms with Gasteiger partial charge >= 0.3 is 0 Å². The molecule has 0 spiro atoms. The van der Waals surface area contributed by atoms with Crippen LogP contribution in [-0.4, -0.2) is 56.5 Å². The first kappa shape index (κ1) is 18.7. The van der Waals surface area contributed by atoms with E-state index in [0.717, 1.165) is 9.21 Å². The molecule has 0 aliphatic carbocycles. The average Bonchev–Trinajstić information content (AvgIpc) is 2.85. The Morgan fingerprint density at radius 1 is 0.963 bits per heavy atom. The molecule has 1 N–H and O–H groups in total. The van der Waals surface area contributed by atoms with E-state index in [-0.39, 0.29) is 21.9 Å². The monoisotopic (exact) mass is 387 g/mol. The van der Waals surface area contributed by atoms with Gasteiger partial charge in [-0.25, -0.2) is 12.7 Å². The maximum atomic E-state index is 12.4. The molecule has 0 aromatic heterocycles. The molecule has 2 aromatic carbocycles. The molecule has 8 nitrogen and oxygen atoms in total. The molecular weight excluding hydrogens is 370 g/mol. The number of nitrogens with zero attached hydrogens (tertiary/aromatic N) is 2. The molecule has 0 bridgehead atoms. The van der Waals surface area contributed by atoms with E-state index in [0.29, 0.717) is 11.3 Å². The average molecular weight is 387 g/mol. The first-order valence-corrected chi connectivity index (χ1v) is 9.37. The predicted molar refractivity (Wildman–Crippen MR) is 98.1 cm³/mol. The van der Waals surface area contributed by atoms with Gasteiger partial charge in [0.15, 0.2) is 0 Å². The van der Waals surface area contributed by atoms with Gasteiger partial charge in [-0.15, -0.1) is 0 Å². The van der Waals surface area contributed by atoms with E-state index >= 15 is 0 Å². The molecule has 1 heterocycles. The second-order valence-corrected chi connectivity index (χ2v) is 8.35. The van der Waals surface area contributed by atoms with Crippen molar-refractivity contribution in [3.05, 3.63) is 59.2 Å². The van der Waals surface area contributed by atoms with Crippen LogP contribution in [0.2, 0.25) is 0 Å². The first-order valence-electron chi connectivity index (χ1n) is 7.93. The molecule has 0 radical (unpaired) electrons. The van der Waals surface area contributed by atoms with Crippen molar-refractivity contribution in [2.45, 2.75) is 4.90 Å². The molecule has 0 unspecified atom stereocenters. The molecule has 9 heteroatoms. The Bertz CT molecular complexity index is 1060. The summed E-state index contributed by atoms with van der Waals surface area (Å²) >= 11 is 0. The number of anilines is 1. The molecule has 3 rings (SSSR count). The highest BCUT2D eigenvalue weighted by Crippen LogP contribution is 2.25. The van der Waals surface area contributed by atoms with Gasteiger partial charge in [0.05, 0.1) is 16.0 Å². The Balaban J connectivity index is 1.81. The smallest absolute Gasteiger partial charge is 0.261 e. The van der Waals surface area contributed by atoms with Gasteiger partial charge < -0.3 is 5.32 Å². The lowest BCUT2D eigenvalue weighted by molar-refractivity contribution is 0.0692. The van der Waals surface area contributed by atoms with Crippen molar-refractivity contribution in [2.75, 3.05) is 26.5 Å². The van der Waals surface area contributed by atoms with Crippen LogP contribution in [0.5, 0.6) is 0 Å². The van der Waals surface area contributed by atoms with Gasteiger partial charge in [-0.1, -0.05) is 0 Å². The fourth-order valence-corrected chi connectivity index (χ4v) is 3.53. The number of nitrogens with one attached hydrogen (secondary N) is 1. The zero-order chi connectivity index (χ0) is 19.9. The highest BCUT2D eigenvalue weighted by Gasteiger charge is 2.32. The summed E-state index contributed by atoms with van der Waals surface area (Å²) in [6, 6.07) is 9.98. The van der Waals surface area contributed by atoms with Gasteiger partial charge in [0.1, 0.15) is 0 Å². The van der Waals surface area contributed by atoms with E-state index < -0.39 is 21.8 Å². The predicted octanol–water partition coefficient (Wildman–Crippen LogP) is 1.42. The molecule has 1 aliphatic rings. The SMILES string of the molecule is CN1C(=O)c2ccc(NC(=O)c3ccc(S(=O)(=O)N(C)C)cc3)cc2C1=O. The normalized spacial score (nSPS) is 13.9. The zero-order valence-corrected chi connectivity index (χ0v) is 15.7. The van der Waals surface area contributed by atoms with Crippen LogP contribution in [0, 0.1) is 0 Å².